The van der Waals surface area contributed by atoms with E-state index in [9.17, 15) is 33.0 Å². The number of amides is 4. The largest absolute Gasteiger partial charge is 0.489 e. The van der Waals surface area contributed by atoms with E-state index in [0.29, 0.717) is 41.6 Å². The van der Waals surface area contributed by atoms with Crippen LogP contribution in [0, 0.1) is 19.3 Å². The van der Waals surface area contributed by atoms with Crippen molar-refractivity contribution < 1.29 is 47.3 Å². The molecule has 420 valence electrons. The number of aryl methyl sites for hydroxylation is 2. The van der Waals surface area contributed by atoms with E-state index in [-0.39, 0.29) is 74.8 Å². The van der Waals surface area contributed by atoms with Gasteiger partial charge in [0, 0.05) is 38.3 Å². The minimum atomic E-state index is -2.15. The maximum Gasteiger partial charge on any atom is 0.248 e. The van der Waals surface area contributed by atoms with Crippen molar-refractivity contribution >= 4 is 80.8 Å². The highest BCUT2D eigenvalue weighted by Crippen LogP contribution is 2.40. The average molecular weight is 1130 g/mol. The van der Waals surface area contributed by atoms with Crippen molar-refractivity contribution in [2.45, 2.75) is 123 Å². The summed E-state index contributed by atoms with van der Waals surface area (Å²) < 4.78 is 38.8. The molecule has 0 radical (unpaired) electrons. The van der Waals surface area contributed by atoms with Crippen molar-refractivity contribution in [3.8, 4) is 16.2 Å². The summed E-state index contributed by atoms with van der Waals surface area (Å²) in [5, 5.41) is 23.1. The summed E-state index contributed by atoms with van der Waals surface area (Å²) >= 11 is 5.97. The third kappa shape index (κ3) is 15.2. The molecule has 19 nitrogen and oxygen atoms in total. The number of carbonyl (C=O) groups excluding carboxylic acids is 4. The predicted octanol–water partition coefficient (Wildman–Crippen LogP) is 8.15. The van der Waals surface area contributed by atoms with Crippen LogP contribution in [0.25, 0.3) is 10.4 Å². The first-order valence-electron chi connectivity index (χ1n) is 26.1. The average Bonchev–Trinajstić information content (AvgIpc) is 4.02. The Labute approximate surface area is 467 Å². The van der Waals surface area contributed by atoms with Gasteiger partial charge in [-0.1, -0.05) is 74.8 Å². The molecule has 2 fully saturated rings. The van der Waals surface area contributed by atoms with Crippen molar-refractivity contribution in [3.05, 3.63) is 105 Å². The number of thiazole rings is 1. The van der Waals surface area contributed by atoms with Gasteiger partial charge >= 0.3 is 0 Å². The van der Waals surface area contributed by atoms with Gasteiger partial charge < -0.3 is 54.9 Å². The van der Waals surface area contributed by atoms with E-state index < -0.39 is 57.2 Å². The van der Waals surface area contributed by atoms with Crippen LogP contribution in [0.2, 0.25) is 5.02 Å². The molecule has 0 saturated carbocycles. The summed E-state index contributed by atoms with van der Waals surface area (Å²) in [6.45, 7) is 17.5. The van der Waals surface area contributed by atoms with E-state index in [1.807, 2.05) is 90.9 Å². The highest BCUT2D eigenvalue weighted by atomic mass is 35.5. The van der Waals surface area contributed by atoms with Crippen LogP contribution in [-0.4, -0.2) is 133 Å². The summed E-state index contributed by atoms with van der Waals surface area (Å²) in [7, 11) is 0. The van der Waals surface area contributed by atoms with Crippen LogP contribution >= 0.6 is 22.9 Å². The van der Waals surface area contributed by atoms with Gasteiger partial charge in [-0.25, -0.2) is 14.2 Å². The Hall–Kier alpha value is -6.07. The normalized spacial score (nSPS) is 16.9. The van der Waals surface area contributed by atoms with Gasteiger partial charge in [0.2, 0.25) is 29.6 Å². The molecule has 2 aromatic heterocycles. The Balaban J connectivity index is 0.852. The van der Waals surface area contributed by atoms with E-state index in [0.717, 1.165) is 45.7 Å². The molecular weight excluding hydrogens is 1060 g/mol. The Kier molecular flexibility index (Phi) is 20.1. The Morgan fingerprint density at radius 2 is 1.62 bits per heavy atom. The Morgan fingerprint density at radius 1 is 0.923 bits per heavy atom. The lowest BCUT2D eigenvalue weighted by atomic mass is 9.85. The fraction of sp³-hybridized carbons (Fsp3) is 0.482. The number of hydrogen-bond donors (Lipinski definition) is 6. The number of ether oxygens (including phenoxy) is 3. The number of halogens is 1. The van der Waals surface area contributed by atoms with Crippen LogP contribution in [0.4, 0.5) is 23.1 Å². The number of β-amino-alcohol motifs (C(OH)–C–C–N with tert-alkyl or cyclic N) is 1. The summed E-state index contributed by atoms with van der Waals surface area (Å²) in [6, 6.07) is 17.1. The second-order valence-corrected chi connectivity index (χ2v) is 24.3. The number of nitrogens with one attached hydrogen (secondary N) is 4. The molecular formula is C56H72ClN9O10S2. The molecule has 1 unspecified atom stereocenters. The van der Waals surface area contributed by atoms with Crippen molar-refractivity contribution in [1.82, 2.24) is 35.4 Å². The van der Waals surface area contributed by atoms with Crippen LogP contribution in [0.5, 0.6) is 5.75 Å². The van der Waals surface area contributed by atoms with Crippen LogP contribution < -0.4 is 26.0 Å². The Bertz CT molecular complexity index is 2940. The molecule has 4 heterocycles. The highest BCUT2D eigenvalue weighted by Gasteiger charge is 2.44. The number of aliphatic hydroxyl groups is 1. The number of para-hydroxylation sites is 1. The van der Waals surface area contributed by atoms with Gasteiger partial charge in [-0.15, -0.1) is 11.3 Å². The lowest BCUT2D eigenvalue weighted by molar-refractivity contribution is -0.144. The zero-order valence-corrected chi connectivity index (χ0v) is 48.1. The van der Waals surface area contributed by atoms with E-state index >= 15 is 0 Å². The van der Waals surface area contributed by atoms with Crippen molar-refractivity contribution in [1.29, 1.82) is 0 Å². The quantitative estimate of drug-likeness (QED) is 0.0283. The van der Waals surface area contributed by atoms with E-state index in [1.54, 1.807) is 53.8 Å². The van der Waals surface area contributed by atoms with Gasteiger partial charge in [-0.05, 0) is 112 Å². The van der Waals surface area contributed by atoms with Crippen LogP contribution in [0.15, 0.2) is 72.4 Å². The maximum atomic E-state index is 14.1. The summed E-state index contributed by atoms with van der Waals surface area (Å²) in [5.41, 5.74) is 7.89. The monoisotopic (exact) mass is 1130 g/mol. The van der Waals surface area contributed by atoms with Gasteiger partial charge in [-0.3, -0.25) is 19.2 Å². The number of benzene rings is 3. The molecule has 4 atom stereocenters. The molecule has 5 aromatic rings. The van der Waals surface area contributed by atoms with E-state index in [4.69, 9.17) is 25.8 Å². The van der Waals surface area contributed by atoms with Crippen LogP contribution in [-0.2, 0) is 51.0 Å². The standard InChI is InChI=1S/C56H72ClN9O10S2/c1-33(2)76-46-26-40(34(3)24-44(46)62-54-59-28-42(57)51(64-54)61-43-13-11-10-12-41(43)56(8,9)78(72)73)37-18-20-65(21-19-37)48(69)31-75-23-22-74-30-47(68)63-50(55(5,6)7)53(71)66-29-39(67)25-45(66)52(70)58-27-36-14-16-38(17-15-36)49-35(4)60-32-77-49/h10-17,24,26,28,32-33,37,39,45,50,67H,18-23,25,27,29-31H2,1-9H3,(H,58,70)(H,63,68)(H,72,73)(H2,59,61,62,64)/t39-,45+,50-/m1/s1. The maximum absolute atomic E-state index is 14.1. The molecule has 78 heavy (non-hydrogen) atoms. The van der Waals surface area contributed by atoms with Crippen LogP contribution in [0.1, 0.15) is 102 Å². The number of carbonyl (C=O) groups is 4. The smallest absolute Gasteiger partial charge is 0.248 e. The predicted molar refractivity (Wildman–Crippen MR) is 303 cm³/mol. The first-order valence-corrected chi connectivity index (χ1v) is 28.4. The van der Waals surface area contributed by atoms with Gasteiger partial charge in [0.15, 0.2) is 16.9 Å². The Morgan fingerprint density at radius 3 is 2.27 bits per heavy atom. The number of likely N-dealkylation sites (tertiary alicyclic amines) is 2. The second kappa shape index (κ2) is 26.3. The van der Waals surface area contributed by atoms with E-state index in [1.165, 1.54) is 11.1 Å². The molecule has 0 spiro atoms. The van der Waals surface area contributed by atoms with Gasteiger partial charge in [0.25, 0.3) is 0 Å². The van der Waals surface area contributed by atoms with Gasteiger partial charge in [0.1, 0.15) is 36.1 Å². The summed E-state index contributed by atoms with van der Waals surface area (Å²) in [4.78, 5) is 71.6. The molecule has 2 saturated heterocycles. The van der Waals surface area contributed by atoms with Crippen LogP contribution in [0.3, 0.4) is 0 Å². The van der Waals surface area contributed by atoms with Crippen molar-refractivity contribution in [3.63, 3.8) is 0 Å². The number of rotatable bonds is 22. The third-order valence-corrected chi connectivity index (χ3v) is 16.2. The summed E-state index contributed by atoms with van der Waals surface area (Å²) in [5.74, 6) is -0.229. The van der Waals surface area contributed by atoms with Crippen molar-refractivity contribution in [2.75, 3.05) is 56.7 Å². The molecule has 0 bridgehead atoms. The lowest BCUT2D eigenvalue weighted by Gasteiger charge is -2.35. The van der Waals surface area contributed by atoms with Gasteiger partial charge in [0.05, 0.1) is 58.1 Å². The molecule has 4 amide bonds. The zero-order valence-electron chi connectivity index (χ0n) is 45.7. The fourth-order valence-electron chi connectivity index (χ4n) is 9.52. The molecule has 7 rings (SSSR count). The number of anilines is 4. The number of nitrogens with zero attached hydrogens (tertiary/aromatic N) is 5. The minimum Gasteiger partial charge on any atom is -0.489 e. The third-order valence-electron chi connectivity index (χ3n) is 13.8. The zero-order chi connectivity index (χ0) is 56.5. The number of hydrogen-bond acceptors (Lipinski definition) is 15. The molecule has 2 aliphatic heterocycles. The number of piperidine rings is 1. The number of aromatic nitrogens is 3. The summed E-state index contributed by atoms with van der Waals surface area (Å²) in [6.07, 6.45) is 1.95. The second-order valence-electron chi connectivity index (χ2n) is 21.5. The lowest BCUT2D eigenvalue weighted by Crippen LogP contribution is -2.58. The molecule has 0 aliphatic carbocycles. The first kappa shape index (κ1) is 59.6. The molecule has 2 aliphatic rings. The SMILES string of the molecule is Cc1cc(Nc2ncc(Cl)c(Nc3ccccc3C(C)(C)S(=O)O)n2)c(OC(C)C)cc1C1CCN(C(=O)COCCOCC(=O)N[C@H](C(=O)N2C[C@H](O)C[C@H]2C(=O)NCc2ccc(-c3scnc3C)cc2)C(C)(C)C)CC1. The molecule has 6 N–H and O–H groups in total. The number of aliphatic hydroxyl groups excluding tert-OH is 1. The van der Waals surface area contributed by atoms with Gasteiger partial charge in [-0.2, -0.15) is 4.98 Å². The molecule has 22 heteroatoms. The van der Waals surface area contributed by atoms with E-state index in [2.05, 4.69) is 36.2 Å². The minimum absolute atomic E-state index is 0.0285. The highest BCUT2D eigenvalue weighted by molar-refractivity contribution is 7.80. The first-order chi connectivity index (χ1) is 37.0. The van der Waals surface area contributed by atoms with Crippen molar-refractivity contribution in [2.24, 2.45) is 5.41 Å². The topological polar surface area (TPSA) is 247 Å². The molecule has 3 aromatic carbocycles. The fourth-order valence-corrected chi connectivity index (χ4v) is 10.8.